The third-order valence-corrected chi connectivity index (χ3v) is 4.50. The van der Waals surface area contributed by atoms with Crippen molar-refractivity contribution in [3.8, 4) is 0 Å². The van der Waals surface area contributed by atoms with Crippen molar-refractivity contribution in [1.82, 2.24) is 14.3 Å². The van der Waals surface area contributed by atoms with Crippen molar-refractivity contribution in [3.05, 3.63) is 33.7 Å². The number of rotatable bonds is 5. The fourth-order valence-corrected chi connectivity index (χ4v) is 3.29. The van der Waals surface area contributed by atoms with Crippen LogP contribution in [0.15, 0.2) is 22.4 Å². The maximum absolute atomic E-state index is 11.9. The minimum Gasteiger partial charge on any atom is -0.329 e. The van der Waals surface area contributed by atoms with Gasteiger partial charge in [0.25, 0.3) is 5.56 Å². The summed E-state index contributed by atoms with van der Waals surface area (Å²) in [4.78, 5) is 19.4. The Morgan fingerprint density at radius 2 is 2.42 bits per heavy atom. The van der Waals surface area contributed by atoms with Crippen molar-refractivity contribution in [2.75, 3.05) is 13.6 Å². The van der Waals surface area contributed by atoms with Gasteiger partial charge in [0.15, 0.2) is 4.96 Å². The SMILES string of the molecule is CN(Cc1cc(=O)n2ccsc2n1)C(CN)C1CC1. The van der Waals surface area contributed by atoms with Crippen molar-refractivity contribution in [3.63, 3.8) is 0 Å². The second kappa shape index (κ2) is 5.03. The Bertz CT molecular complexity index is 631. The van der Waals surface area contributed by atoms with Gasteiger partial charge in [-0.25, -0.2) is 4.98 Å². The molecule has 2 heterocycles. The second-order valence-electron chi connectivity index (χ2n) is 5.20. The molecule has 5 nitrogen and oxygen atoms in total. The monoisotopic (exact) mass is 278 g/mol. The molecule has 1 unspecified atom stereocenters. The van der Waals surface area contributed by atoms with E-state index in [9.17, 15) is 4.79 Å². The summed E-state index contributed by atoms with van der Waals surface area (Å²) in [6, 6.07) is 2.03. The van der Waals surface area contributed by atoms with Crippen molar-refractivity contribution in [2.45, 2.75) is 25.4 Å². The first kappa shape index (κ1) is 12.8. The van der Waals surface area contributed by atoms with Crippen LogP contribution >= 0.6 is 11.3 Å². The van der Waals surface area contributed by atoms with Crippen LogP contribution in [0.25, 0.3) is 4.96 Å². The van der Waals surface area contributed by atoms with Gasteiger partial charge in [0.2, 0.25) is 0 Å². The van der Waals surface area contributed by atoms with Gasteiger partial charge in [-0.2, -0.15) is 0 Å². The normalized spacial score (nSPS) is 17.2. The van der Waals surface area contributed by atoms with E-state index in [0.29, 0.717) is 19.1 Å². The topological polar surface area (TPSA) is 63.6 Å². The maximum atomic E-state index is 11.9. The minimum atomic E-state index is -0.00892. The number of thiazole rings is 1. The van der Waals surface area contributed by atoms with Gasteiger partial charge >= 0.3 is 0 Å². The van der Waals surface area contributed by atoms with E-state index in [1.807, 2.05) is 5.38 Å². The quantitative estimate of drug-likeness (QED) is 0.883. The van der Waals surface area contributed by atoms with E-state index < -0.39 is 0 Å². The molecule has 0 spiro atoms. The van der Waals surface area contributed by atoms with Gasteiger partial charge in [-0.15, -0.1) is 11.3 Å². The van der Waals surface area contributed by atoms with Crippen LogP contribution in [0.4, 0.5) is 0 Å². The first-order valence-corrected chi connectivity index (χ1v) is 7.43. The summed E-state index contributed by atoms with van der Waals surface area (Å²) in [5.74, 6) is 0.724. The van der Waals surface area contributed by atoms with E-state index >= 15 is 0 Å². The molecule has 1 fully saturated rings. The lowest BCUT2D eigenvalue weighted by Gasteiger charge is -2.26. The molecule has 1 atom stereocenters. The molecule has 0 aliphatic heterocycles. The van der Waals surface area contributed by atoms with Crippen molar-refractivity contribution < 1.29 is 0 Å². The molecule has 0 amide bonds. The van der Waals surface area contributed by atoms with Gasteiger partial charge in [-0.05, 0) is 25.8 Å². The molecule has 2 aromatic heterocycles. The Labute approximate surface area is 115 Å². The predicted molar refractivity (Wildman–Crippen MR) is 76.4 cm³/mol. The highest BCUT2D eigenvalue weighted by Crippen LogP contribution is 2.34. The van der Waals surface area contributed by atoms with Gasteiger partial charge < -0.3 is 5.73 Å². The van der Waals surface area contributed by atoms with Crippen LogP contribution in [-0.4, -0.2) is 33.9 Å². The van der Waals surface area contributed by atoms with Crippen LogP contribution < -0.4 is 11.3 Å². The molecule has 102 valence electrons. The Balaban J connectivity index is 1.82. The summed E-state index contributed by atoms with van der Waals surface area (Å²) in [5, 5.41) is 1.88. The zero-order valence-corrected chi connectivity index (χ0v) is 11.8. The molecule has 0 aromatic carbocycles. The molecule has 1 aliphatic rings. The first-order valence-electron chi connectivity index (χ1n) is 6.55. The zero-order chi connectivity index (χ0) is 13.4. The molecule has 0 saturated heterocycles. The highest BCUT2D eigenvalue weighted by atomic mass is 32.1. The molecule has 19 heavy (non-hydrogen) atoms. The Morgan fingerprint density at radius 1 is 1.63 bits per heavy atom. The fourth-order valence-electron chi connectivity index (χ4n) is 2.55. The van der Waals surface area contributed by atoms with Gasteiger partial charge in [0.1, 0.15) is 0 Å². The Morgan fingerprint density at radius 3 is 3.11 bits per heavy atom. The Hall–Kier alpha value is -1.24. The lowest BCUT2D eigenvalue weighted by atomic mass is 10.1. The van der Waals surface area contributed by atoms with Crippen molar-refractivity contribution in [1.29, 1.82) is 0 Å². The van der Waals surface area contributed by atoms with Crippen LogP contribution in [0.1, 0.15) is 18.5 Å². The predicted octanol–water partition coefficient (Wildman–Crippen LogP) is 0.925. The lowest BCUT2D eigenvalue weighted by molar-refractivity contribution is 0.213. The summed E-state index contributed by atoms with van der Waals surface area (Å²) in [5.41, 5.74) is 6.67. The van der Waals surface area contributed by atoms with Gasteiger partial charge in [0, 0.05) is 36.8 Å². The average molecular weight is 278 g/mol. The molecule has 1 saturated carbocycles. The highest BCUT2D eigenvalue weighted by Gasteiger charge is 2.32. The molecule has 0 radical (unpaired) electrons. The summed E-state index contributed by atoms with van der Waals surface area (Å²) < 4.78 is 1.58. The van der Waals surface area contributed by atoms with E-state index in [-0.39, 0.29) is 5.56 Å². The van der Waals surface area contributed by atoms with Crippen LogP contribution in [0.2, 0.25) is 0 Å². The number of hydrogen-bond acceptors (Lipinski definition) is 5. The third-order valence-electron chi connectivity index (χ3n) is 3.74. The van der Waals surface area contributed by atoms with E-state index in [1.54, 1.807) is 16.7 Å². The van der Waals surface area contributed by atoms with Crippen LogP contribution in [-0.2, 0) is 6.54 Å². The molecule has 0 bridgehead atoms. The van der Waals surface area contributed by atoms with Crippen LogP contribution in [0, 0.1) is 5.92 Å². The molecular formula is C13H18N4OS. The average Bonchev–Trinajstić information content (AvgIpc) is 3.07. The van der Waals surface area contributed by atoms with Gasteiger partial charge in [-0.1, -0.05) is 0 Å². The molecule has 6 heteroatoms. The summed E-state index contributed by atoms with van der Waals surface area (Å²) >= 11 is 1.48. The first-order chi connectivity index (χ1) is 9.19. The summed E-state index contributed by atoms with van der Waals surface area (Å²) in [7, 11) is 2.06. The standard InChI is InChI=1S/C13H18N4OS/c1-16(11(7-14)9-2-3-9)8-10-6-12(18)17-4-5-19-13(17)15-10/h4-6,9,11H,2-3,7-8,14H2,1H3. The molecule has 1 aliphatic carbocycles. The Kier molecular flexibility index (Phi) is 3.38. The minimum absolute atomic E-state index is 0.00892. The van der Waals surface area contributed by atoms with Crippen LogP contribution in [0.3, 0.4) is 0 Å². The second-order valence-corrected chi connectivity index (χ2v) is 6.07. The number of hydrogen-bond donors (Lipinski definition) is 1. The van der Waals surface area contributed by atoms with Crippen molar-refractivity contribution >= 4 is 16.3 Å². The summed E-state index contributed by atoms with van der Waals surface area (Å²) in [6.45, 7) is 1.35. The number of nitrogens with zero attached hydrogens (tertiary/aromatic N) is 3. The molecular weight excluding hydrogens is 260 g/mol. The lowest BCUT2D eigenvalue weighted by Crippen LogP contribution is -2.39. The van der Waals surface area contributed by atoms with Gasteiger partial charge in [-0.3, -0.25) is 14.1 Å². The van der Waals surface area contributed by atoms with E-state index in [1.165, 1.54) is 24.2 Å². The van der Waals surface area contributed by atoms with Crippen molar-refractivity contribution in [2.24, 2.45) is 11.7 Å². The maximum Gasteiger partial charge on any atom is 0.258 e. The number of likely N-dealkylation sites (N-methyl/N-ethyl adjacent to an activating group) is 1. The van der Waals surface area contributed by atoms with Gasteiger partial charge in [0.05, 0.1) is 5.69 Å². The fraction of sp³-hybridized carbons (Fsp3) is 0.538. The zero-order valence-electron chi connectivity index (χ0n) is 11.0. The van der Waals surface area contributed by atoms with E-state index in [0.717, 1.165) is 16.6 Å². The van der Waals surface area contributed by atoms with Crippen LogP contribution in [0.5, 0.6) is 0 Å². The molecule has 2 aromatic rings. The number of nitrogens with two attached hydrogens (primary N) is 1. The molecule has 2 N–H and O–H groups in total. The molecule has 3 rings (SSSR count). The largest absolute Gasteiger partial charge is 0.329 e. The van der Waals surface area contributed by atoms with E-state index in [4.69, 9.17) is 5.73 Å². The third kappa shape index (κ3) is 2.56. The number of fused-ring (bicyclic) bond motifs is 1. The summed E-state index contributed by atoms with van der Waals surface area (Å²) in [6.07, 6.45) is 4.30. The highest BCUT2D eigenvalue weighted by molar-refractivity contribution is 7.15. The number of aromatic nitrogens is 2. The van der Waals surface area contributed by atoms with E-state index in [2.05, 4.69) is 16.9 Å². The smallest absolute Gasteiger partial charge is 0.258 e.